The first-order chi connectivity index (χ1) is 13.7. The highest BCUT2D eigenvalue weighted by atomic mass is 19.1. The summed E-state index contributed by atoms with van der Waals surface area (Å²) in [6.07, 6.45) is 1.41. The van der Waals surface area contributed by atoms with Crippen molar-refractivity contribution in [3.8, 4) is 11.3 Å². The van der Waals surface area contributed by atoms with Gasteiger partial charge in [0.15, 0.2) is 0 Å². The van der Waals surface area contributed by atoms with Gasteiger partial charge in [-0.15, -0.1) is 0 Å². The molecule has 28 heavy (non-hydrogen) atoms. The number of hydrazone groups is 1. The van der Waals surface area contributed by atoms with E-state index in [2.05, 4.69) is 15.5 Å². The lowest BCUT2D eigenvalue weighted by Gasteiger charge is -2.09. The molecular weight excluding hydrogens is 353 g/mol. The van der Waals surface area contributed by atoms with Gasteiger partial charge in [0.2, 0.25) is 0 Å². The number of hydrogen-bond acceptors (Lipinski definition) is 3. The maximum atomic E-state index is 13.2. The average molecular weight is 369 g/mol. The third-order valence-electron chi connectivity index (χ3n) is 4.26. The van der Waals surface area contributed by atoms with Gasteiger partial charge in [0.05, 0.1) is 23.0 Å². The Kier molecular flexibility index (Phi) is 4.89. The van der Waals surface area contributed by atoms with Crippen molar-refractivity contribution >= 4 is 23.0 Å². The van der Waals surface area contributed by atoms with E-state index in [1.165, 1.54) is 18.3 Å². The maximum Gasteiger partial charge on any atom is 0.272 e. The fourth-order valence-corrected chi connectivity index (χ4v) is 2.93. The summed E-state index contributed by atoms with van der Waals surface area (Å²) in [4.78, 5) is 17.4. The topological polar surface area (TPSA) is 54.4 Å². The summed E-state index contributed by atoms with van der Waals surface area (Å²) >= 11 is 0. The summed E-state index contributed by atoms with van der Waals surface area (Å²) in [7, 11) is 0. The van der Waals surface area contributed by atoms with Gasteiger partial charge in [0.25, 0.3) is 5.91 Å². The molecule has 0 spiro atoms. The average Bonchev–Trinajstić information content (AvgIpc) is 2.73. The first kappa shape index (κ1) is 17.5. The van der Waals surface area contributed by atoms with Gasteiger partial charge in [-0.2, -0.15) is 5.10 Å². The van der Waals surface area contributed by atoms with Crippen LogP contribution in [0.3, 0.4) is 0 Å². The van der Waals surface area contributed by atoms with Gasteiger partial charge in [0.1, 0.15) is 5.82 Å². The summed E-state index contributed by atoms with van der Waals surface area (Å²) in [5, 5.41) is 4.69. The summed E-state index contributed by atoms with van der Waals surface area (Å²) in [5.41, 5.74) is 5.90. The van der Waals surface area contributed by atoms with Crippen LogP contribution in [0, 0.1) is 5.82 Å². The Bertz CT molecular complexity index is 1170. The van der Waals surface area contributed by atoms with Crippen molar-refractivity contribution in [2.75, 3.05) is 0 Å². The number of pyridine rings is 1. The smallest absolute Gasteiger partial charge is 0.267 e. The van der Waals surface area contributed by atoms with E-state index in [9.17, 15) is 9.18 Å². The van der Waals surface area contributed by atoms with Crippen molar-refractivity contribution in [2.24, 2.45) is 5.10 Å². The molecule has 0 saturated heterocycles. The highest BCUT2D eigenvalue weighted by Crippen LogP contribution is 2.24. The number of amides is 1. The zero-order chi connectivity index (χ0) is 19.3. The van der Waals surface area contributed by atoms with Crippen LogP contribution in [0.2, 0.25) is 0 Å². The van der Waals surface area contributed by atoms with Crippen molar-refractivity contribution in [3.63, 3.8) is 0 Å². The SMILES string of the molecule is O=C(NN=Cc1cccc(F)c1)c1cc(-c2ccccc2)nc2ccccc12. The van der Waals surface area contributed by atoms with Crippen LogP contribution in [0.4, 0.5) is 4.39 Å². The van der Waals surface area contributed by atoms with Crippen molar-refractivity contribution in [1.82, 2.24) is 10.4 Å². The predicted molar refractivity (Wildman–Crippen MR) is 109 cm³/mol. The van der Waals surface area contributed by atoms with Gasteiger partial charge in [0, 0.05) is 10.9 Å². The quantitative estimate of drug-likeness (QED) is 0.415. The number of fused-ring (bicyclic) bond motifs is 1. The zero-order valence-corrected chi connectivity index (χ0v) is 14.8. The first-order valence-corrected chi connectivity index (χ1v) is 8.75. The minimum absolute atomic E-state index is 0.358. The minimum Gasteiger partial charge on any atom is -0.267 e. The molecule has 0 radical (unpaired) electrons. The van der Waals surface area contributed by atoms with E-state index in [4.69, 9.17) is 0 Å². The lowest BCUT2D eigenvalue weighted by atomic mass is 10.0. The molecule has 0 saturated carbocycles. The molecule has 4 aromatic rings. The molecule has 0 fully saturated rings. The van der Waals surface area contributed by atoms with Crippen LogP contribution >= 0.6 is 0 Å². The third kappa shape index (κ3) is 3.78. The second-order valence-electron chi connectivity index (χ2n) is 6.19. The Morgan fingerprint density at radius 3 is 2.54 bits per heavy atom. The summed E-state index contributed by atoms with van der Waals surface area (Å²) in [6.45, 7) is 0. The van der Waals surface area contributed by atoms with Gasteiger partial charge in [-0.25, -0.2) is 14.8 Å². The monoisotopic (exact) mass is 369 g/mol. The number of hydrogen-bond donors (Lipinski definition) is 1. The van der Waals surface area contributed by atoms with E-state index in [1.807, 2.05) is 54.6 Å². The van der Waals surface area contributed by atoms with Crippen LogP contribution in [0.1, 0.15) is 15.9 Å². The number of para-hydroxylation sites is 1. The molecule has 0 bridgehead atoms. The molecule has 4 rings (SSSR count). The molecule has 4 nitrogen and oxygen atoms in total. The van der Waals surface area contributed by atoms with Gasteiger partial charge in [-0.3, -0.25) is 4.79 Å². The van der Waals surface area contributed by atoms with Gasteiger partial charge in [-0.05, 0) is 29.8 Å². The van der Waals surface area contributed by atoms with E-state index in [-0.39, 0.29) is 11.7 Å². The Labute approximate surface area is 161 Å². The Morgan fingerprint density at radius 2 is 1.71 bits per heavy atom. The van der Waals surface area contributed by atoms with Crippen molar-refractivity contribution < 1.29 is 9.18 Å². The Balaban J connectivity index is 1.67. The second-order valence-corrected chi connectivity index (χ2v) is 6.19. The van der Waals surface area contributed by atoms with Crippen LogP contribution in [0.5, 0.6) is 0 Å². The van der Waals surface area contributed by atoms with E-state index >= 15 is 0 Å². The minimum atomic E-state index is -0.358. The molecule has 0 unspecified atom stereocenters. The highest BCUT2D eigenvalue weighted by Gasteiger charge is 2.13. The van der Waals surface area contributed by atoms with Crippen molar-refractivity contribution in [2.45, 2.75) is 0 Å². The molecule has 0 aliphatic carbocycles. The molecule has 0 aliphatic rings. The Hall–Kier alpha value is -3.86. The number of benzene rings is 3. The summed E-state index contributed by atoms with van der Waals surface area (Å²) < 4.78 is 13.2. The number of carbonyl (C=O) groups is 1. The van der Waals surface area contributed by atoms with E-state index in [0.29, 0.717) is 16.8 Å². The molecule has 136 valence electrons. The number of halogens is 1. The largest absolute Gasteiger partial charge is 0.272 e. The van der Waals surface area contributed by atoms with Crippen LogP contribution in [-0.4, -0.2) is 17.1 Å². The lowest BCUT2D eigenvalue weighted by molar-refractivity contribution is 0.0956. The van der Waals surface area contributed by atoms with Crippen molar-refractivity contribution in [3.05, 3.63) is 102 Å². The molecule has 1 heterocycles. The molecule has 1 N–H and O–H groups in total. The normalized spacial score (nSPS) is 11.0. The standard InChI is InChI=1S/C23H16FN3O/c24-18-10-6-7-16(13-18)15-25-27-23(28)20-14-22(17-8-2-1-3-9-17)26-21-12-5-4-11-19(20)21/h1-15H,(H,27,28). The number of nitrogens with zero attached hydrogens (tertiary/aromatic N) is 2. The van der Waals surface area contributed by atoms with Crippen LogP contribution in [0.25, 0.3) is 22.2 Å². The lowest BCUT2D eigenvalue weighted by Crippen LogP contribution is -2.18. The van der Waals surface area contributed by atoms with Gasteiger partial charge in [-0.1, -0.05) is 60.7 Å². The third-order valence-corrected chi connectivity index (χ3v) is 4.26. The number of carbonyl (C=O) groups excluding carboxylic acids is 1. The summed E-state index contributed by atoms with van der Waals surface area (Å²) in [5.74, 6) is -0.716. The van der Waals surface area contributed by atoms with Gasteiger partial charge >= 0.3 is 0 Å². The van der Waals surface area contributed by atoms with Crippen molar-refractivity contribution in [1.29, 1.82) is 0 Å². The number of nitrogens with one attached hydrogen (secondary N) is 1. The maximum absolute atomic E-state index is 13.2. The predicted octanol–water partition coefficient (Wildman–Crippen LogP) is 4.80. The fraction of sp³-hybridized carbons (Fsp3) is 0. The molecule has 5 heteroatoms. The van der Waals surface area contributed by atoms with E-state index < -0.39 is 0 Å². The fourth-order valence-electron chi connectivity index (χ4n) is 2.93. The zero-order valence-electron chi connectivity index (χ0n) is 14.8. The first-order valence-electron chi connectivity index (χ1n) is 8.75. The molecular formula is C23H16FN3O. The Morgan fingerprint density at radius 1 is 0.929 bits per heavy atom. The van der Waals surface area contributed by atoms with E-state index in [0.717, 1.165) is 16.5 Å². The molecule has 1 amide bonds. The number of aromatic nitrogens is 1. The molecule has 1 aromatic heterocycles. The molecule has 3 aromatic carbocycles. The number of rotatable bonds is 4. The van der Waals surface area contributed by atoms with E-state index in [1.54, 1.807) is 18.2 Å². The van der Waals surface area contributed by atoms with Crippen LogP contribution in [-0.2, 0) is 0 Å². The molecule has 0 aliphatic heterocycles. The summed E-state index contributed by atoms with van der Waals surface area (Å²) in [6, 6.07) is 24.9. The molecule has 0 atom stereocenters. The second kappa shape index (κ2) is 7.80. The highest BCUT2D eigenvalue weighted by molar-refractivity contribution is 6.07. The van der Waals surface area contributed by atoms with Crippen LogP contribution in [0.15, 0.2) is 90.0 Å². The van der Waals surface area contributed by atoms with Crippen LogP contribution < -0.4 is 5.43 Å². The van der Waals surface area contributed by atoms with Gasteiger partial charge < -0.3 is 0 Å².